The number of nitrogens with two attached hydrogens (primary N) is 1. The summed E-state index contributed by atoms with van der Waals surface area (Å²) in [4.78, 5) is 2.40. The van der Waals surface area contributed by atoms with Crippen LogP contribution in [0, 0.1) is 18.8 Å². The first-order chi connectivity index (χ1) is 9.61. The smallest absolute Gasteiger partial charge is 0.134 e. The normalized spacial score (nSPS) is 23.4. The number of nitrogens with zero attached hydrogens (tertiary/aromatic N) is 1. The van der Waals surface area contributed by atoms with Crippen LogP contribution in [0.4, 0.5) is 0 Å². The van der Waals surface area contributed by atoms with Crippen LogP contribution in [0.1, 0.15) is 30.7 Å². The molecule has 108 valence electrons. The fourth-order valence-corrected chi connectivity index (χ4v) is 3.27. The molecule has 3 unspecified atom stereocenters. The lowest BCUT2D eigenvalue weighted by molar-refractivity contribution is 0.236. The lowest BCUT2D eigenvalue weighted by atomic mass is 10.0. The van der Waals surface area contributed by atoms with E-state index in [2.05, 4.69) is 31.0 Å². The van der Waals surface area contributed by atoms with Gasteiger partial charge in [-0.05, 0) is 38.3 Å². The Morgan fingerprint density at radius 2 is 2.10 bits per heavy atom. The molecule has 20 heavy (non-hydrogen) atoms. The van der Waals surface area contributed by atoms with Crippen LogP contribution in [0.15, 0.2) is 28.7 Å². The molecule has 3 rings (SSSR count). The van der Waals surface area contributed by atoms with E-state index in [9.17, 15) is 0 Å². The predicted octanol–water partition coefficient (Wildman–Crippen LogP) is 3.33. The van der Waals surface area contributed by atoms with Crippen molar-refractivity contribution < 1.29 is 4.42 Å². The van der Waals surface area contributed by atoms with Gasteiger partial charge >= 0.3 is 0 Å². The molecular weight excluding hydrogens is 248 g/mol. The van der Waals surface area contributed by atoms with Gasteiger partial charge in [0.2, 0.25) is 0 Å². The lowest BCUT2D eigenvalue weighted by Gasteiger charge is -2.27. The van der Waals surface area contributed by atoms with E-state index in [-0.39, 0.29) is 6.04 Å². The molecule has 2 N–H and O–H groups in total. The van der Waals surface area contributed by atoms with Gasteiger partial charge < -0.3 is 10.2 Å². The standard InChI is InChI=1S/C17H24N2O/c1-11-8-13(11)10-19(3)15(9-18)17-12(2)20-16-7-5-4-6-14(16)17/h4-7,11,13,15H,8-10,18H2,1-3H3. The van der Waals surface area contributed by atoms with Gasteiger partial charge in [0.25, 0.3) is 0 Å². The van der Waals surface area contributed by atoms with Gasteiger partial charge in [0, 0.05) is 24.0 Å². The Bertz CT molecular complexity index is 604. The summed E-state index contributed by atoms with van der Waals surface area (Å²) in [5.74, 6) is 2.71. The van der Waals surface area contributed by atoms with Crippen molar-refractivity contribution in [3.05, 3.63) is 35.6 Å². The van der Waals surface area contributed by atoms with Crippen LogP contribution in [0.3, 0.4) is 0 Å². The second-order valence-electron chi connectivity index (χ2n) is 6.23. The lowest BCUT2D eigenvalue weighted by Crippen LogP contribution is -2.32. The summed E-state index contributed by atoms with van der Waals surface area (Å²) in [6.07, 6.45) is 1.35. The molecular formula is C17H24N2O. The van der Waals surface area contributed by atoms with Crippen molar-refractivity contribution in [1.82, 2.24) is 4.90 Å². The summed E-state index contributed by atoms with van der Waals surface area (Å²) in [6.45, 7) is 6.13. The molecule has 3 nitrogen and oxygen atoms in total. The fraction of sp³-hybridized carbons (Fsp3) is 0.529. The molecule has 1 aromatic carbocycles. The Morgan fingerprint density at radius 3 is 2.75 bits per heavy atom. The highest BCUT2D eigenvalue weighted by atomic mass is 16.3. The number of para-hydroxylation sites is 1. The van der Waals surface area contributed by atoms with Crippen LogP contribution in [0.5, 0.6) is 0 Å². The fourth-order valence-electron chi connectivity index (χ4n) is 3.27. The van der Waals surface area contributed by atoms with Gasteiger partial charge in [0.15, 0.2) is 0 Å². The van der Waals surface area contributed by atoms with Crippen molar-refractivity contribution in [2.75, 3.05) is 20.1 Å². The average molecular weight is 272 g/mol. The molecule has 1 aliphatic rings. The summed E-state index contributed by atoms with van der Waals surface area (Å²) in [5, 5.41) is 1.20. The molecule has 1 saturated carbocycles. The highest BCUT2D eigenvalue weighted by Crippen LogP contribution is 2.40. The molecule has 3 atom stereocenters. The maximum atomic E-state index is 6.07. The Hall–Kier alpha value is -1.32. The summed E-state index contributed by atoms with van der Waals surface area (Å²) in [6, 6.07) is 8.49. The van der Waals surface area contributed by atoms with Crippen molar-refractivity contribution >= 4 is 11.0 Å². The van der Waals surface area contributed by atoms with Crippen LogP contribution in [0.2, 0.25) is 0 Å². The van der Waals surface area contributed by atoms with Gasteiger partial charge in [-0.25, -0.2) is 0 Å². The number of hydrogen-bond acceptors (Lipinski definition) is 3. The van der Waals surface area contributed by atoms with E-state index in [4.69, 9.17) is 10.2 Å². The van der Waals surface area contributed by atoms with Crippen LogP contribution >= 0.6 is 0 Å². The Kier molecular flexibility index (Phi) is 3.57. The summed E-state index contributed by atoms with van der Waals surface area (Å²) in [5.41, 5.74) is 8.30. The molecule has 1 heterocycles. The number of likely N-dealkylation sites (N-methyl/N-ethyl adjacent to an activating group) is 1. The Morgan fingerprint density at radius 1 is 1.40 bits per heavy atom. The van der Waals surface area contributed by atoms with E-state index in [1.54, 1.807) is 0 Å². The zero-order valence-corrected chi connectivity index (χ0v) is 12.6. The van der Waals surface area contributed by atoms with E-state index in [1.165, 1.54) is 17.4 Å². The molecule has 0 radical (unpaired) electrons. The van der Waals surface area contributed by atoms with Gasteiger partial charge in [-0.15, -0.1) is 0 Å². The van der Waals surface area contributed by atoms with Crippen molar-refractivity contribution in [1.29, 1.82) is 0 Å². The number of hydrogen-bond donors (Lipinski definition) is 1. The second kappa shape index (κ2) is 5.23. The van der Waals surface area contributed by atoms with Gasteiger partial charge in [0.1, 0.15) is 11.3 Å². The number of aryl methyl sites for hydroxylation is 1. The van der Waals surface area contributed by atoms with Gasteiger partial charge in [-0.3, -0.25) is 4.90 Å². The Labute approximate surface area is 120 Å². The third kappa shape index (κ3) is 2.36. The van der Waals surface area contributed by atoms with Crippen LogP contribution < -0.4 is 5.73 Å². The van der Waals surface area contributed by atoms with Crippen LogP contribution in [-0.2, 0) is 0 Å². The average Bonchev–Trinajstić information content (AvgIpc) is 3.00. The van der Waals surface area contributed by atoms with E-state index in [0.29, 0.717) is 6.54 Å². The zero-order chi connectivity index (χ0) is 14.3. The second-order valence-corrected chi connectivity index (χ2v) is 6.23. The highest BCUT2D eigenvalue weighted by Gasteiger charge is 2.35. The van der Waals surface area contributed by atoms with E-state index in [1.807, 2.05) is 19.1 Å². The largest absolute Gasteiger partial charge is 0.461 e. The zero-order valence-electron chi connectivity index (χ0n) is 12.6. The first kappa shape index (κ1) is 13.7. The number of fused-ring (bicyclic) bond motifs is 1. The van der Waals surface area contributed by atoms with Crippen molar-refractivity contribution in [2.24, 2.45) is 17.6 Å². The van der Waals surface area contributed by atoms with Crippen molar-refractivity contribution in [3.8, 4) is 0 Å². The SMILES string of the molecule is Cc1oc2ccccc2c1C(CN)N(C)CC1CC1C. The van der Waals surface area contributed by atoms with Crippen LogP contribution in [0.25, 0.3) is 11.0 Å². The molecule has 1 fully saturated rings. The third-order valence-electron chi connectivity index (χ3n) is 4.71. The minimum atomic E-state index is 0.242. The minimum absolute atomic E-state index is 0.242. The topological polar surface area (TPSA) is 42.4 Å². The molecule has 3 heteroatoms. The van der Waals surface area contributed by atoms with Crippen LogP contribution in [-0.4, -0.2) is 25.0 Å². The summed E-state index contributed by atoms with van der Waals surface area (Å²) < 4.78 is 5.89. The minimum Gasteiger partial charge on any atom is -0.461 e. The van der Waals surface area contributed by atoms with E-state index >= 15 is 0 Å². The molecule has 0 amide bonds. The van der Waals surface area contributed by atoms with Gasteiger partial charge in [-0.1, -0.05) is 25.1 Å². The summed E-state index contributed by atoms with van der Waals surface area (Å²) >= 11 is 0. The maximum Gasteiger partial charge on any atom is 0.134 e. The molecule has 0 bridgehead atoms. The van der Waals surface area contributed by atoms with Crippen molar-refractivity contribution in [2.45, 2.75) is 26.3 Å². The monoisotopic (exact) mass is 272 g/mol. The van der Waals surface area contributed by atoms with E-state index in [0.717, 1.165) is 29.7 Å². The molecule has 0 saturated heterocycles. The quantitative estimate of drug-likeness (QED) is 0.908. The highest BCUT2D eigenvalue weighted by molar-refractivity contribution is 5.82. The third-order valence-corrected chi connectivity index (χ3v) is 4.71. The number of furan rings is 1. The predicted molar refractivity (Wildman–Crippen MR) is 82.6 cm³/mol. The first-order valence-electron chi connectivity index (χ1n) is 7.50. The Balaban J connectivity index is 1.92. The molecule has 1 aromatic heterocycles. The molecule has 0 spiro atoms. The molecule has 1 aliphatic carbocycles. The van der Waals surface area contributed by atoms with Crippen molar-refractivity contribution in [3.63, 3.8) is 0 Å². The molecule has 0 aliphatic heterocycles. The number of rotatable bonds is 5. The number of benzene rings is 1. The van der Waals surface area contributed by atoms with Gasteiger partial charge in [0.05, 0.1) is 6.04 Å². The van der Waals surface area contributed by atoms with Gasteiger partial charge in [-0.2, -0.15) is 0 Å². The van der Waals surface area contributed by atoms with E-state index < -0.39 is 0 Å². The first-order valence-corrected chi connectivity index (χ1v) is 7.50. The molecule has 2 aromatic rings. The maximum absolute atomic E-state index is 6.07. The summed E-state index contributed by atoms with van der Waals surface area (Å²) in [7, 11) is 2.18.